The van der Waals surface area contributed by atoms with E-state index >= 15 is 0 Å². The first-order chi connectivity index (χ1) is 13.7. The molecule has 0 saturated heterocycles. The van der Waals surface area contributed by atoms with Gasteiger partial charge in [0.1, 0.15) is 6.61 Å². The lowest BCUT2D eigenvalue weighted by Gasteiger charge is -2.17. The molecule has 1 amide bonds. The predicted molar refractivity (Wildman–Crippen MR) is 102 cm³/mol. The summed E-state index contributed by atoms with van der Waals surface area (Å²) in [7, 11) is 1.43. The lowest BCUT2D eigenvalue weighted by atomic mass is 10.0. The van der Waals surface area contributed by atoms with Crippen LogP contribution in [-0.2, 0) is 10.9 Å². The second-order valence-electron chi connectivity index (χ2n) is 6.22. The maximum Gasteiger partial charge on any atom is 0.417 e. The van der Waals surface area contributed by atoms with Crippen molar-refractivity contribution in [3.63, 3.8) is 0 Å². The number of hydrogen-bond donors (Lipinski definition) is 2. The van der Waals surface area contributed by atoms with Crippen LogP contribution in [0.2, 0.25) is 0 Å². The highest BCUT2D eigenvalue weighted by atomic mass is 19.4. The number of alkyl halides is 3. The molecule has 0 unspecified atom stereocenters. The number of carbonyl (C=O) groups is 1. The number of benzene rings is 2. The normalized spacial score (nSPS) is 11.5. The largest absolute Gasteiger partial charge is 0.447 e. The third-order valence-corrected chi connectivity index (χ3v) is 4.33. The van der Waals surface area contributed by atoms with Gasteiger partial charge >= 0.3 is 12.3 Å². The van der Waals surface area contributed by atoms with Gasteiger partial charge in [-0.2, -0.15) is 13.2 Å². The highest BCUT2D eigenvalue weighted by Gasteiger charge is 2.33. The summed E-state index contributed by atoms with van der Waals surface area (Å²) >= 11 is 0. The lowest BCUT2D eigenvalue weighted by Crippen LogP contribution is -2.28. The molecule has 0 saturated carbocycles. The summed E-state index contributed by atoms with van der Waals surface area (Å²) in [4.78, 5) is 28.1. The number of rotatable bonds is 4. The van der Waals surface area contributed by atoms with Crippen molar-refractivity contribution in [2.24, 2.45) is 0 Å². The Bertz CT molecular complexity index is 1110. The molecule has 1 heterocycles. The molecule has 2 aromatic carbocycles. The highest BCUT2D eigenvalue weighted by Crippen LogP contribution is 2.36. The van der Waals surface area contributed by atoms with Crippen LogP contribution in [0.1, 0.15) is 5.56 Å². The molecule has 152 valence electrons. The van der Waals surface area contributed by atoms with E-state index in [4.69, 9.17) is 9.84 Å². The number of ether oxygens (including phenoxy) is 1. The minimum Gasteiger partial charge on any atom is -0.447 e. The maximum absolute atomic E-state index is 13.3. The van der Waals surface area contributed by atoms with Crippen LogP contribution in [0.3, 0.4) is 0 Å². The molecular weight excluding hydrogens is 389 g/mol. The number of amides is 1. The zero-order valence-corrected chi connectivity index (χ0v) is 15.3. The predicted octanol–water partition coefficient (Wildman–Crippen LogP) is 3.78. The first kappa shape index (κ1) is 20.4. The fourth-order valence-corrected chi connectivity index (χ4v) is 2.90. The summed E-state index contributed by atoms with van der Waals surface area (Å²) in [6.45, 7) is -0.488. The molecule has 0 aliphatic carbocycles. The van der Waals surface area contributed by atoms with Crippen molar-refractivity contribution in [3.05, 3.63) is 64.4 Å². The molecular formula is C20H17F3N2O4. The molecule has 3 rings (SSSR count). The van der Waals surface area contributed by atoms with Gasteiger partial charge in [-0.25, -0.2) is 4.79 Å². The molecule has 0 spiro atoms. The number of aromatic amines is 1. The van der Waals surface area contributed by atoms with Gasteiger partial charge in [-0.1, -0.05) is 24.3 Å². The Balaban J connectivity index is 2.05. The fraction of sp³-hybridized carbons (Fsp3) is 0.200. The summed E-state index contributed by atoms with van der Waals surface area (Å²) in [6, 6.07) is 11.0. The van der Waals surface area contributed by atoms with E-state index in [-0.39, 0.29) is 29.9 Å². The summed E-state index contributed by atoms with van der Waals surface area (Å²) < 4.78 is 44.7. The number of halogens is 3. The average Bonchev–Trinajstić information content (AvgIpc) is 2.70. The number of carbonyl (C=O) groups excluding carboxylic acids is 1. The van der Waals surface area contributed by atoms with Crippen molar-refractivity contribution in [3.8, 4) is 11.3 Å². The van der Waals surface area contributed by atoms with Gasteiger partial charge in [-0.05, 0) is 29.7 Å². The van der Waals surface area contributed by atoms with Gasteiger partial charge in [0, 0.05) is 29.4 Å². The van der Waals surface area contributed by atoms with Gasteiger partial charge < -0.3 is 14.8 Å². The van der Waals surface area contributed by atoms with E-state index in [1.54, 1.807) is 6.07 Å². The summed E-state index contributed by atoms with van der Waals surface area (Å²) in [5.41, 5.74) is -1.17. The second-order valence-corrected chi connectivity index (χ2v) is 6.22. The van der Waals surface area contributed by atoms with Crippen molar-refractivity contribution < 1.29 is 27.8 Å². The van der Waals surface area contributed by atoms with Crippen LogP contribution in [0.4, 0.5) is 23.7 Å². The quantitative estimate of drug-likeness (QED) is 0.691. The van der Waals surface area contributed by atoms with E-state index in [0.717, 1.165) is 11.0 Å². The number of aromatic nitrogens is 1. The van der Waals surface area contributed by atoms with E-state index in [1.165, 1.54) is 43.4 Å². The molecule has 0 aliphatic rings. The number of nitrogens with zero attached hydrogens (tertiary/aromatic N) is 1. The molecule has 29 heavy (non-hydrogen) atoms. The van der Waals surface area contributed by atoms with E-state index in [2.05, 4.69) is 4.98 Å². The molecule has 9 heteroatoms. The molecule has 1 aromatic heterocycles. The van der Waals surface area contributed by atoms with Crippen LogP contribution >= 0.6 is 0 Å². The third-order valence-electron chi connectivity index (χ3n) is 4.33. The Morgan fingerprint density at radius 3 is 2.59 bits per heavy atom. The zero-order chi connectivity index (χ0) is 21.2. The van der Waals surface area contributed by atoms with Gasteiger partial charge in [0.05, 0.1) is 12.2 Å². The topological polar surface area (TPSA) is 82.6 Å². The molecule has 0 fully saturated rings. The van der Waals surface area contributed by atoms with E-state index in [0.29, 0.717) is 11.1 Å². The first-order valence-electron chi connectivity index (χ1n) is 8.57. The zero-order valence-electron chi connectivity index (χ0n) is 15.3. The molecule has 0 bridgehead atoms. The van der Waals surface area contributed by atoms with Gasteiger partial charge in [0.2, 0.25) is 0 Å². The standard InChI is InChI=1S/C20H17F3N2O4/c1-25(19(28)29-9-8-26)13-7-6-12-10-17(24-18(27)15(12)11-13)14-4-2-3-5-16(14)20(21,22)23/h2-7,10-11,26H,8-9H2,1H3,(H,24,27). The maximum atomic E-state index is 13.3. The summed E-state index contributed by atoms with van der Waals surface area (Å²) in [6.07, 6.45) is -5.28. The van der Waals surface area contributed by atoms with Gasteiger partial charge in [-0.15, -0.1) is 0 Å². The van der Waals surface area contributed by atoms with E-state index in [9.17, 15) is 22.8 Å². The Kier molecular flexibility index (Phi) is 5.60. The average molecular weight is 406 g/mol. The van der Waals surface area contributed by atoms with Crippen LogP contribution < -0.4 is 10.5 Å². The monoisotopic (exact) mass is 406 g/mol. The van der Waals surface area contributed by atoms with Crippen molar-refractivity contribution in [2.75, 3.05) is 25.2 Å². The van der Waals surface area contributed by atoms with Crippen molar-refractivity contribution in [1.82, 2.24) is 4.98 Å². The minimum absolute atomic E-state index is 0.0406. The number of fused-ring (bicyclic) bond motifs is 1. The lowest BCUT2D eigenvalue weighted by molar-refractivity contribution is -0.137. The fourth-order valence-electron chi connectivity index (χ4n) is 2.90. The Hall–Kier alpha value is -3.33. The Labute approximate surface area is 163 Å². The number of anilines is 1. The SMILES string of the molecule is CN(C(=O)OCCO)c1ccc2cc(-c3ccccc3C(F)(F)F)[nH]c(=O)c2c1. The summed E-state index contributed by atoms with van der Waals surface area (Å²) in [5, 5.41) is 9.35. The Morgan fingerprint density at radius 1 is 1.17 bits per heavy atom. The molecule has 6 nitrogen and oxygen atoms in total. The van der Waals surface area contributed by atoms with Gasteiger partial charge in [0.25, 0.3) is 5.56 Å². The van der Waals surface area contributed by atoms with Crippen LogP contribution in [0.5, 0.6) is 0 Å². The third kappa shape index (κ3) is 4.24. The van der Waals surface area contributed by atoms with Crippen LogP contribution in [0.25, 0.3) is 22.0 Å². The minimum atomic E-state index is -4.57. The van der Waals surface area contributed by atoms with Crippen LogP contribution in [-0.4, -0.2) is 36.4 Å². The molecule has 2 N–H and O–H groups in total. The van der Waals surface area contributed by atoms with Crippen LogP contribution in [0, 0.1) is 0 Å². The molecule has 0 radical (unpaired) electrons. The first-order valence-corrected chi connectivity index (χ1v) is 8.57. The van der Waals surface area contributed by atoms with Crippen LogP contribution in [0.15, 0.2) is 53.3 Å². The van der Waals surface area contributed by atoms with E-state index < -0.39 is 23.4 Å². The molecule has 0 aliphatic heterocycles. The summed E-state index contributed by atoms with van der Waals surface area (Å²) in [5.74, 6) is 0. The number of pyridine rings is 1. The van der Waals surface area contributed by atoms with Crippen molar-refractivity contribution >= 4 is 22.6 Å². The number of aliphatic hydroxyl groups excluding tert-OH is 1. The molecule has 0 atom stereocenters. The van der Waals surface area contributed by atoms with Crippen molar-refractivity contribution in [1.29, 1.82) is 0 Å². The van der Waals surface area contributed by atoms with Crippen molar-refractivity contribution in [2.45, 2.75) is 6.18 Å². The number of H-pyrrole nitrogens is 1. The smallest absolute Gasteiger partial charge is 0.417 e. The van der Waals surface area contributed by atoms with Gasteiger partial charge in [-0.3, -0.25) is 9.69 Å². The molecule has 3 aromatic rings. The number of hydrogen-bond acceptors (Lipinski definition) is 4. The Morgan fingerprint density at radius 2 is 1.90 bits per heavy atom. The highest BCUT2D eigenvalue weighted by molar-refractivity contribution is 5.93. The van der Waals surface area contributed by atoms with Gasteiger partial charge in [0.15, 0.2) is 0 Å². The number of nitrogens with one attached hydrogen (secondary N) is 1. The number of aliphatic hydroxyl groups is 1. The second kappa shape index (κ2) is 7.96. The van der Waals surface area contributed by atoms with E-state index in [1.807, 2.05) is 0 Å².